The van der Waals surface area contributed by atoms with E-state index in [0.717, 1.165) is 37.2 Å². The van der Waals surface area contributed by atoms with Gasteiger partial charge in [-0.2, -0.15) is 0 Å². The maximum atomic E-state index is 8.60. The summed E-state index contributed by atoms with van der Waals surface area (Å²) < 4.78 is 0. The minimum absolute atomic E-state index is 0.262. The number of aryl methyl sites for hydroxylation is 1. The zero-order valence-corrected chi connectivity index (χ0v) is 9.59. The molecule has 0 spiro atoms. The second-order valence-corrected chi connectivity index (χ2v) is 3.72. The summed E-state index contributed by atoms with van der Waals surface area (Å²) in [7, 11) is 0. The van der Waals surface area contributed by atoms with Gasteiger partial charge in [0.2, 0.25) is 5.28 Å². The molecule has 0 unspecified atom stereocenters. The van der Waals surface area contributed by atoms with E-state index >= 15 is 0 Å². The quantitative estimate of drug-likeness (QED) is 0.579. The highest BCUT2D eigenvalue weighted by Gasteiger charge is 2.00. The van der Waals surface area contributed by atoms with E-state index < -0.39 is 0 Å². The van der Waals surface area contributed by atoms with E-state index in [1.54, 1.807) is 6.20 Å². The van der Waals surface area contributed by atoms with Gasteiger partial charge < -0.3 is 10.4 Å². The Labute approximate surface area is 94.7 Å². The molecule has 2 N–H and O–H groups in total. The van der Waals surface area contributed by atoms with Crippen molar-refractivity contribution in [3.8, 4) is 0 Å². The first-order chi connectivity index (χ1) is 7.24. The van der Waals surface area contributed by atoms with Crippen molar-refractivity contribution in [1.82, 2.24) is 9.97 Å². The van der Waals surface area contributed by atoms with Crippen molar-refractivity contribution >= 4 is 17.4 Å². The van der Waals surface area contributed by atoms with Gasteiger partial charge in [0, 0.05) is 24.9 Å². The van der Waals surface area contributed by atoms with E-state index in [9.17, 15) is 0 Å². The molecule has 1 rings (SSSR count). The van der Waals surface area contributed by atoms with Crippen LogP contribution in [0.15, 0.2) is 6.20 Å². The lowest BCUT2D eigenvalue weighted by atomic mass is 10.2. The Morgan fingerprint density at radius 2 is 2.20 bits per heavy atom. The molecular weight excluding hydrogens is 214 g/mol. The summed E-state index contributed by atoms with van der Waals surface area (Å²) >= 11 is 5.68. The lowest BCUT2D eigenvalue weighted by Gasteiger charge is -2.07. The van der Waals surface area contributed by atoms with Crippen molar-refractivity contribution in [3.05, 3.63) is 17.0 Å². The summed E-state index contributed by atoms with van der Waals surface area (Å²) in [5, 5.41) is 12.1. The van der Waals surface area contributed by atoms with E-state index in [0.29, 0.717) is 0 Å². The zero-order valence-electron chi connectivity index (χ0n) is 8.83. The van der Waals surface area contributed by atoms with Gasteiger partial charge in [-0.25, -0.2) is 9.97 Å². The number of aliphatic hydroxyl groups excluding tert-OH is 1. The van der Waals surface area contributed by atoms with Gasteiger partial charge in [-0.3, -0.25) is 0 Å². The molecule has 0 saturated carbocycles. The standard InChI is InChI=1S/C10H16ClN3O/c1-8-7-13-10(11)14-9(8)12-5-3-2-4-6-15/h7,15H,2-6H2,1H3,(H,12,13,14). The maximum absolute atomic E-state index is 8.60. The van der Waals surface area contributed by atoms with Gasteiger partial charge in [0.15, 0.2) is 0 Å². The Balaban J connectivity index is 2.33. The molecule has 1 aromatic rings. The van der Waals surface area contributed by atoms with Crippen LogP contribution in [-0.2, 0) is 0 Å². The fraction of sp³-hybridized carbons (Fsp3) is 0.600. The molecule has 4 nitrogen and oxygen atoms in total. The molecule has 0 aliphatic carbocycles. The Morgan fingerprint density at radius 1 is 1.40 bits per heavy atom. The van der Waals surface area contributed by atoms with Gasteiger partial charge in [0.25, 0.3) is 0 Å². The third-order valence-electron chi connectivity index (χ3n) is 2.07. The normalized spacial score (nSPS) is 10.3. The third-order valence-corrected chi connectivity index (χ3v) is 2.25. The number of hydrogen-bond acceptors (Lipinski definition) is 4. The summed E-state index contributed by atoms with van der Waals surface area (Å²) in [5.74, 6) is 0.791. The molecule has 1 heterocycles. The number of rotatable bonds is 6. The molecule has 84 valence electrons. The Hall–Kier alpha value is -0.870. The fourth-order valence-electron chi connectivity index (χ4n) is 1.22. The van der Waals surface area contributed by atoms with Crippen LogP contribution in [0.25, 0.3) is 0 Å². The number of anilines is 1. The van der Waals surface area contributed by atoms with Crippen molar-refractivity contribution in [2.24, 2.45) is 0 Å². The van der Waals surface area contributed by atoms with Crippen molar-refractivity contribution in [2.75, 3.05) is 18.5 Å². The highest BCUT2D eigenvalue weighted by Crippen LogP contribution is 2.12. The molecular formula is C10H16ClN3O. The predicted molar refractivity (Wildman–Crippen MR) is 61.2 cm³/mol. The fourth-order valence-corrected chi connectivity index (χ4v) is 1.35. The molecule has 15 heavy (non-hydrogen) atoms. The van der Waals surface area contributed by atoms with Crippen LogP contribution in [0.1, 0.15) is 24.8 Å². The number of unbranched alkanes of at least 4 members (excludes halogenated alkanes) is 2. The smallest absolute Gasteiger partial charge is 0.224 e. The van der Waals surface area contributed by atoms with Gasteiger partial charge in [-0.1, -0.05) is 0 Å². The first-order valence-corrected chi connectivity index (χ1v) is 5.45. The molecule has 0 aliphatic heterocycles. The van der Waals surface area contributed by atoms with Crippen LogP contribution < -0.4 is 5.32 Å². The number of nitrogens with one attached hydrogen (secondary N) is 1. The third kappa shape index (κ3) is 4.44. The molecule has 5 heteroatoms. The highest BCUT2D eigenvalue weighted by molar-refractivity contribution is 6.28. The molecule has 0 radical (unpaired) electrons. The van der Waals surface area contributed by atoms with Crippen LogP contribution in [0.5, 0.6) is 0 Å². The molecule has 0 saturated heterocycles. The van der Waals surface area contributed by atoms with E-state index in [4.69, 9.17) is 16.7 Å². The maximum Gasteiger partial charge on any atom is 0.224 e. The molecule has 1 aromatic heterocycles. The highest BCUT2D eigenvalue weighted by atomic mass is 35.5. The zero-order chi connectivity index (χ0) is 11.1. The van der Waals surface area contributed by atoms with Gasteiger partial charge in [-0.05, 0) is 37.8 Å². The number of nitrogens with zero attached hydrogens (tertiary/aromatic N) is 2. The summed E-state index contributed by atoms with van der Waals surface area (Å²) in [6.45, 7) is 3.04. The van der Waals surface area contributed by atoms with Gasteiger partial charge in [0.05, 0.1) is 0 Å². The molecule has 0 atom stereocenters. The van der Waals surface area contributed by atoms with Crippen LogP contribution in [0.4, 0.5) is 5.82 Å². The van der Waals surface area contributed by atoms with E-state index in [1.165, 1.54) is 0 Å². The second-order valence-electron chi connectivity index (χ2n) is 3.38. The van der Waals surface area contributed by atoms with Gasteiger partial charge >= 0.3 is 0 Å². The molecule has 0 aromatic carbocycles. The monoisotopic (exact) mass is 229 g/mol. The summed E-state index contributed by atoms with van der Waals surface area (Å²) in [4.78, 5) is 7.96. The minimum atomic E-state index is 0.262. The predicted octanol–water partition coefficient (Wildman–Crippen LogP) is 2.01. The van der Waals surface area contributed by atoms with Crippen molar-refractivity contribution < 1.29 is 5.11 Å². The van der Waals surface area contributed by atoms with Crippen LogP contribution >= 0.6 is 11.6 Å². The Morgan fingerprint density at radius 3 is 2.93 bits per heavy atom. The first kappa shape index (κ1) is 12.2. The lowest BCUT2D eigenvalue weighted by Crippen LogP contribution is -2.06. The number of aliphatic hydroxyl groups is 1. The number of halogens is 1. The van der Waals surface area contributed by atoms with Crippen LogP contribution in [0, 0.1) is 6.92 Å². The lowest BCUT2D eigenvalue weighted by molar-refractivity contribution is 0.283. The largest absolute Gasteiger partial charge is 0.396 e. The topological polar surface area (TPSA) is 58.0 Å². The van der Waals surface area contributed by atoms with E-state index in [1.807, 2.05) is 6.92 Å². The molecule has 0 aliphatic rings. The van der Waals surface area contributed by atoms with Crippen LogP contribution in [0.2, 0.25) is 5.28 Å². The SMILES string of the molecule is Cc1cnc(Cl)nc1NCCCCCO. The average Bonchev–Trinajstić information content (AvgIpc) is 2.23. The first-order valence-electron chi connectivity index (χ1n) is 5.08. The number of hydrogen-bond donors (Lipinski definition) is 2. The average molecular weight is 230 g/mol. The second kappa shape index (κ2) is 6.58. The minimum Gasteiger partial charge on any atom is -0.396 e. The summed E-state index contributed by atoms with van der Waals surface area (Å²) in [5.41, 5.74) is 0.988. The summed E-state index contributed by atoms with van der Waals surface area (Å²) in [6.07, 6.45) is 4.58. The van der Waals surface area contributed by atoms with Crippen molar-refractivity contribution in [3.63, 3.8) is 0 Å². The van der Waals surface area contributed by atoms with Gasteiger partial charge in [-0.15, -0.1) is 0 Å². The Kier molecular flexibility index (Phi) is 5.36. The molecule has 0 amide bonds. The van der Waals surface area contributed by atoms with E-state index in [-0.39, 0.29) is 11.9 Å². The molecule has 0 bridgehead atoms. The van der Waals surface area contributed by atoms with Crippen molar-refractivity contribution in [2.45, 2.75) is 26.2 Å². The molecule has 0 fully saturated rings. The van der Waals surface area contributed by atoms with E-state index in [2.05, 4.69) is 15.3 Å². The Bertz CT molecular complexity index is 307. The summed E-state index contributed by atoms with van der Waals surface area (Å²) in [6, 6.07) is 0. The van der Waals surface area contributed by atoms with Crippen LogP contribution in [-0.4, -0.2) is 28.2 Å². The van der Waals surface area contributed by atoms with Crippen molar-refractivity contribution in [1.29, 1.82) is 0 Å². The van der Waals surface area contributed by atoms with Crippen LogP contribution in [0.3, 0.4) is 0 Å². The van der Waals surface area contributed by atoms with Gasteiger partial charge in [0.1, 0.15) is 5.82 Å². The number of aromatic nitrogens is 2.